The number of nitrogens with one attached hydrogen (secondary N) is 2. The molecule has 7 heteroatoms. The van der Waals surface area contributed by atoms with Crippen LogP contribution in [0.5, 0.6) is 0 Å². The van der Waals surface area contributed by atoms with Gasteiger partial charge in [0.25, 0.3) is 5.56 Å². The summed E-state index contributed by atoms with van der Waals surface area (Å²) in [6, 6.07) is 12.3. The molecular weight excluding hydrogens is 400 g/mol. The van der Waals surface area contributed by atoms with Gasteiger partial charge in [-0.15, -0.1) is 0 Å². The van der Waals surface area contributed by atoms with Crippen LogP contribution in [0.3, 0.4) is 0 Å². The normalized spacial score (nSPS) is 15.2. The first kappa shape index (κ1) is 20.3. The third kappa shape index (κ3) is 4.11. The first-order chi connectivity index (χ1) is 15.6. The van der Waals surface area contributed by atoms with E-state index in [2.05, 4.69) is 56.5 Å². The molecule has 1 saturated heterocycles. The first-order valence-electron chi connectivity index (χ1n) is 10.9. The molecule has 4 heterocycles. The molecule has 1 aliphatic heterocycles. The van der Waals surface area contributed by atoms with E-state index in [0.29, 0.717) is 28.6 Å². The molecule has 0 atom stereocenters. The number of nitrogens with zero attached hydrogens (tertiary/aromatic N) is 4. The number of hydrogen-bond donors (Lipinski definition) is 2. The lowest BCUT2D eigenvalue weighted by atomic mass is 9.89. The fraction of sp³-hybridized carbons (Fsp3) is 0.280. The molecule has 0 bridgehead atoms. The summed E-state index contributed by atoms with van der Waals surface area (Å²) >= 11 is 0. The van der Waals surface area contributed by atoms with Crippen LogP contribution in [-0.4, -0.2) is 45.0 Å². The van der Waals surface area contributed by atoms with Crippen LogP contribution in [0.25, 0.3) is 22.0 Å². The topological polar surface area (TPSA) is 86.8 Å². The van der Waals surface area contributed by atoms with E-state index in [9.17, 15) is 4.79 Å². The Hall–Kier alpha value is -3.58. The minimum Gasteiger partial charge on any atom is -0.340 e. The molecule has 1 aliphatic rings. The van der Waals surface area contributed by atoms with E-state index in [1.165, 1.54) is 18.4 Å². The van der Waals surface area contributed by atoms with Crippen LogP contribution in [0.15, 0.2) is 59.8 Å². The highest BCUT2D eigenvalue weighted by atomic mass is 16.1. The highest BCUT2D eigenvalue weighted by Crippen LogP contribution is 2.30. The predicted octanol–water partition coefficient (Wildman–Crippen LogP) is 4.24. The Morgan fingerprint density at radius 2 is 1.78 bits per heavy atom. The second-order valence-electron chi connectivity index (χ2n) is 8.47. The van der Waals surface area contributed by atoms with Crippen molar-refractivity contribution >= 4 is 22.3 Å². The van der Waals surface area contributed by atoms with Crippen molar-refractivity contribution in [2.75, 3.05) is 25.5 Å². The van der Waals surface area contributed by atoms with E-state index in [-0.39, 0.29) is 5.56 Å². The maximum absolute atomic E-state index is 12.6. The molecule has 0 aliphatic carbocycles. The molecule has 0 spiro atoms. The number of piperidine rings is 1. The molecule has 3 aromatic heterocycles. The largest absolute Gasteiger partial charge is 0.340 e. The number of rotatable bonds is 4. The minimum absolute atomic E-state index is 0.174. The van der Waals surface area contributed by atoms with Gasteiger partial charge in [0.05, 0.1) is 11.1 Å². The van der Waals surface area contributed by atoms with Crippen LogP contribution in [0.2, 0.25) is 0 Å². The van der Waals surface area contributed by atoms with Crippen molar-refractivity contribution in [1.82, 2.24) is 24.8 Å². The van der Waals surface area contributed by atoms with Gasteiger partial charge in [-0.05, 0) is 81.0 Å². The Labute approximate surface area is 186 Å². The lowest BCUT2D eigenvalue weighted by Crippen LogP contribution is -2.29. The number of anilines is 2. The van der Waals surface area contributed by atoms with Gasteiger partial charge in [-0.25, -0.2) is 15.0 Å². The van der Waals surface area contributed by atoms with Gasteiger partial charge in [0.2, 0.25) is 0 Å². The lowest BCUT2D eigenvalue weighted by molar-refractivity contribution is 0.255. The number of benzene rings is 1. The van der Waals surface area contributed by atoms with E-state index in [4.69, 9.17) is 4.98 Å². The minimum atomic E-state index is -0.174. The summed E-state index contributed by atoms with van der Waals surface area (Å²) in [5.41, 5.74) is 3.61. The van der Waals surface area contributed by atoms with E-state index < -0.39 is 0 Å². The Balaban J connectivity index is 1.49. The predicted molar refractivity (Wildman–Crippen MR) is 127 cm³/mol. The van der Waals surface area contributed by atoms with Gasteiger partial charge in [-0.2, -0.15) is 0 Å². The fourth-order valence-corrected chi connectivity index (χ4v) is 4.29. The van der Waals surface area contributed by atoms with Crippen molar-refractivity contribution in [3.05, 3.63) is 76.7 Å². The number of pyridine rings is 2. The lowest BCUT2D eigenvalue weighted by Gasteiger charge is -2.29. The second kappa shape index (κ2) is 8.51. The van der Waals surface area contributed by atoms with Crippen LogP contribution < -0.4 is 10.9 Å². The molecular formula is C25H26N6O. The summed E-state index contributed by atoms with van der Waals surface area (Å²) in [6.45, 7) is 4.12. The number of fused-ring (bicyclic) bond motifs is 1. The van der Waals surface area contributed by atoms with Gasteiger partial charge in [-0.1, -0.05) is 12.1 Å². The summed E-state index contributed by atoms with van der Waals surface area (Å²) in [5, 5.41) is 4.71. The maximum Gasteiger partial charge on any atom is 0.259 e. The number of aromatic amines is 1. The maximum atomic E-state index is 12.6. The van der Waals surface area contributed by atoms with Gasteiger partial charge in [0.1, 0.15) is 11.6 Å². The van der Waals surface area contributed by atoms with Crippen molar-refractivity contribution in [1.29, 1.82) is 0 Å². The molecule has 162 valence electrons. The van der Waals surface area contributed by atoms with E-state index in [0.717, 1.165) is 29.7 Å². The molecule has 0 amide bonds. The van der Waals surface area contributed by atoms with Gasteiger partial charge >= 0.3 is 0 Å². The molecule has 32 heavy (non-hydrogen) atoms. The fourth-order valence-electron chi connectivity index (χ4n) is 4.29. The van der Waals surface area contributed by atoms with Crippen molar-refractivity contribution in [3.8, 4) is 11.3 Å². The van der Waals surface area contributed by atoms with Crippen molar-refractivity contribution in [2.45, 2.75) is 25.7 Å². The number of likely N-dealkylation sites (tertiary alicyclic amines) is 1. The van der Waals surface area contributed by atoms with Gasteiger partial charge in [0, 0.05) is 29.8 Å². The quantitative estimate of drug-likeness (QED) is 0.508. The summed E-state index contributed by atoms with van der Waals surface area (Å²) < 4.78 is 0. The van der Waals surface area contributed by atoms with Crippen LogP contribution in [0.1, 0.15) is 30.1 Å². The molecule has 5 rings (SSSR count). The number of hydrogen-bond acceptors (Lipinski definition) is 6. The van der Waals surface area contributed by atoms with Crippen molar-refractivity contribution in [3.63, 3.8) is 0 Å². The Bertz CT molecular complexity index is 1290. The third-order valence-electron chi connectivity index (χ3n) is 6.19. The van der Waals surface area contributed by atoms with Crippen LogP contribution in [0, 0.1) is 6.92 Å². The van der Waals surface area contributed by atoms with Crippen molar-refractivity contribution in [2.24, 2.45) is 0 Å². The molecule has 0 unspecified atom stereocenters. The monoisotopic (exact) mass is 426 g/mol. The van der Waals surface area contributed by atoms with Crippen molar-refractivity contribution < 1.29 is 0 Å². The summed E-state index contributed by atoms with van der Waals surface area (Å²) in [5.74, 6) is 1.83. The van der Waals surface area contributed by atoms with E-state index in [1.54, 1.807) is 18.6 Å². The molecule has 0 radical (unpaired) electrons. The van der Waals surface area contributed by atoms with E-state index >= 15 is 0 Å². The SMILES string of the molecule is Cc1ncc(-c2cc3cc[nH]c(=O)c3c(Nc3ccc(C4CCN(C)CC4)cc3)n2)cn1. The van der Waals surface area contributed by atoms with E-state index in [1.807, 2.05) is 19.1 Å². The van der Waals surface area contributed by atoms with Gasteiger partial charge < -0.3 is 15.2 Å². The number of aromatic nitrogens is 4. The van der Waals surface area contributed by atoms with Crippen LogP contribution >= 0.6 is 0 Å². The molecule has 4 aromatic rings. The Morgan fingerprint density at radius 3 is 2.50 bits per heavy atom. The van der Waals surface area contributed by atoms with Gasteiger partial charge in [-0.3, -0.25) is 4.79 Å². The zero-order chi connectivity index (χ0) is 22.1. The Kier molecular flexibility index (Phi) is 5.41. The molecule has 2 N–H and O–H groups in total. The standard InChI is InChI=1S/C25H26N6O/c1-16-27-14-20(15-28-16)22-13-19-7-10-26-25(32)23(19)24(30-22)29-21-5-3-17(4-6-21)18-8-11-31(2)12-9-18/h3-7,10,13-15,18H,8-9,11-12H2,1-2H3,(H,26,32)(H,29,30). The summed E-state index contributed by atoms with van der Waals surface area (Å²) in [4.78, 5) is 31.1. The summed E-state index contributed by atoms with van der Waals surface area (Å²) in [6.07, 6.45) is 7.53. The second-order valence-corrected chi connectivity index (χ2v) is 8.47. The molecule has 0 saturated carbocycles. The molecule has 7 nitrogen and oxygen atoms in total. The molecule has 1 aromatic carbocycles. The Morgan fingerprint density at radius 1 is 1.06 bits per heavy atom. The number of H-pyrrole nitrogens is 1. The first-order valence-corrected chi connectivity index (χ1v) is 10.9. The average Bonchev–Trinajstić information content (AvgIpc) is 2.80. The highest BCUT2D eigenvalue weighted by molar-refractivity contribution is 5.95. The summed E-state index contributed by atoms with van der Waals surface area (Å²) in [7, 11) is 2.18. The molecule has 1 fully saturated rings. The smallest absolute Gasteiger partial charge is 0.259 e. The number of aryl methyl sites for hydroxylation is 1. The zero-order valence-corrected chi connectivity index (χ0v) is 18.3. The zero-order valence-electron chi connectivity index (χ0n) is 18.3. The average molecular weight is 427 g/mol. The third-order valence-corrected chi connectivity index (χ3v) is 6.19. The van der Waals surface area contributed by atoms with Gasteiger partial charge in [0.15, 0.2) is 0 Å². The highest BCUT2D eigenvalue weighted by Gasteiger charge is 2.18. The van der Waals surface area contributed by atoms with Crippen LogP contribution in [0.4, 0.5) is 11.5 Å². The van der Waals surface area contributed by atoms with Crippen LogP contribution in [-0.2, 0) is 0 Å².